The Morgan fingerprint density at radius 3 is 2.44 bits per heavy atom. The maximum atomic E-state index is 13.9. The van der Waals surface area contributed by atoms with E-state index in [9.17, 15) is 27.6 Å². The van der Waals surface area contributed by atoms with Gasteiger partial charge in [-0.05, 0) is 51.8 Å². The molecular formula is C25H32F3N3O5. The van der Waals surface area contributed by atoms with E-state index in [1.54, 1.807) is 20.8 Å². The molecule has 0 bridgehead atoms. The second-order valence-corrected chi connectivity index (χ2v) is 8.62. The molecule has 1 saturated heterocycles. The van der Waals surface area contributed by atoms with Gasteiger partial charge in [0, 0.05) is 25.3 Å². The molecule has 36 heavy (non-hydrogen) atoms. The first-order valence-corrected chi connectivity index (χ1v) is 12.2. The van der Waals surface area contributed by atoms with E-state index in [2.05, 4.69) is 5.32 Å². The Hall–Kier alpha value is -3.08. The molecule has 1 N–H and O–H groups in total. The van der Waals surface area contributed by atoms with Gasteiger partial charge in [-0.2, -0.15) is 13.2 Å². The Bertz CT molecular complexity index is 1010. The number of likely N-dealkylation sites (tertiary alicyclic amines) is 1. The van der Waals surface area contributed by atoms with Crippen LogP contribution in [0.5, 0.6) is 0 Å². The number of nitrogens with one attached hydrogen (secondary N) is 1. The Labute approximate surface area is 208 Å². The zero-order chi connectivity index (χ0) is 26.5. The normalized spacial score (nSPS) is 21.3. The van der Waals surface area contributed by atoms with E-state index in [1.165, 1.54) is 23.1 Å². The van der Waals surface area contributed by atoms with E-state index in [-0.39, 0.29) is 55.0 Å². The first kappa shape index (κ1) is 27.5. The summed E-state index contributed by atoms with van der Waals surface area (Å²) in [4.78, 5) is 41.8. The van der Waals surface area contributed by atoms with Gasteiger partial charge in [0.1, 0.15) is 0 Å². The monoisotopic (exact) mass is 511 g/mol. The predicted molar refractivity (Wildman–Crippen MR) is 125 cm³/mol. The third-order valence-electron chi connectivity index (χ3n) is 6.33. The molecule has 1 aromatic rings. The van der Waals surface area contributed by atoms with Gasteiger partial charge in [0.2, 0.25) is 0 Å². The van der Waals surface area contributed by atoms with E-state index < -0.39 is 29.8 Å². The molecule has 0 radical (unpaired) electrons. The van der Waals surface area contributed by atoms with Gasteiger partial charge in [-0.25, -0.2) is 9.59 Å². The van der Waals surface area contributed by atoms with Crippen LogP contribution in [0, 0.1) is 5.92 Å². The van der Waals surface area contributed by atoms with Crippen molar-refractivity contribution in [3.63, 3.8) is 0 Å². The van der Waals surface area contributed by atoms with Gasteiger partial charge in [-0.1, -0.05) is 18.2 Å². The molecule has 0 saturated carbocycles. The van der Waals surface area contributed by atoms with Gasteiger partial charge in [0.05, 0.1) is 36.3 Å². The number of halogens is 3. The molecule has 2 atom stereocenters. The minimum Gasteiger partial charge on any atom is -0.466 e. The Morgan fingerprint density at radius 2 is 1.81 bits per heavy atom. The number of rotatable bonds is 8. The summed E-state index contributed by atoms with van der Waals surface area (Å²) in [6.07, 6.45) is -3.34. The molecule has 2 aliphatic heterocycles. The number of likely N-dealkylation sites (N-methyl/N-ethyl adjacent to an activating group) is 1. The van der Waals surface area contributed by atoms with Crippen LogP contribution >= 0.6 is 0 Å². The summed E-state index contributed by atoms with van der Waals surface area (Å²) in [5.41, 5.74) is -0.959. The fraction of sp³-hybridized carbons (Fsp3) is 0.560. The highest BCUT2D eigenvalue weighted by Crippen LogP contribution is 2.39. The first-order valence-electron chi connectivity index (χ1n) is 12.2. The molecule has 1 fully saturated rings. The van der Waals surface area contributed by atoms with Crippen LogP contribution in [0.4, 0.5) is 18.0 Å². The van der Waals surface area contributed by atoms with Crippen LogP contribution in [0.15, 0.2) is 35.5 Å². The Balaban J connectivity index is 2.09. The van der Waals surface area contributed by atoms with Gasteiger partial charge in [0.25, 0.3) is 0 Å². The summed E-state index contributed by atoms with van der Waals surface area (Å²) in [5, 5.41) is 2.58. The SMILES string of the molecule is CCOC(=O)C1=C(CN2CCC[C@H](C(=O)OCC)C2)N(CC)C(=O)N[C@H]1c1ccccc1C(F)(F)F. The molecule has 2 heterocycles. The number of benzene rings is 1. The lowest BCUT2D eigenvalue weighted by Gasteiger charge is -2.40. The number of alkyl halides is 3. The molecular weight excluding hydrogens is 479 g/mol. The summed E-state index contributed by atoms with van der Waals surface area (Å²) in [5.74, 6) is -1.47. The molecule has 2 aliphatic rings. The van der Waals surface area contributed by atoms with Crippen molar-refractivity contribution in [2.45, 2.75) is 45.8 Å². The number of urea groups is 1. The third-order valence-corrected chi connectivity index (χ3v) is 6.33. The minimum absolute atomic E-state index is 0.0119. The van der Waals surface area contributed by atoms with Crippen LogP contribution in [0.25, 0.3) is 0 Å². The van der Waals surface area contributed by atoms with Crippen molar-refractivity contribution >= 4 is 18.0 Å². The Kier molecular flexibility index (Phi) is 8.99. The van der Waals surface area contributed by atoms with Gasteiger partial charge in [-0.15, -0.1) is 0 Å². The van der Waals surface area contributed by atoms with Crippen molar-refractivity contribution < 1.29 is 37.0 Å². The van der Waals surface area contributed by atoms with Crippen LogP contribution in [-0.2, 0) is 25.2 Å². The summed E-state index contributed by atoms with van der Waals surface area (Å²) in [7, 11) is 0. The molecule has 8 nitrogen and oxygen atoms in total. The highest BCUT2D eigenvalue weighted by Gasteiger charge is 2.43. The predicted octanol–water partition coefficient (Wildman–Crippen LogP) is 3.88. The van der Waals surface area contributed by atoms with E-state index in [4.69, 9.17) is 9.47 Å². The number of hydrogen-bond acceptors (Lipinski definition) is 6. The number of carbonyl (C=O) groups excluding carboxylic acids is 3. The quantitative estimate of drug-likeness (QED) is 0.533. The zero-order valence-electron chi connectivity index (χ0n) is 20.7. The molecule has 0 spiro atoms. The number of nitrogens with zero attached hydrogens (tertiary/aromatic N) is 2. The minimum atomic E-state index is -4.69. The fourth-order valence-electron chi connectivity index (χ4n) is 4.76. The molecule has 3 rings (SSSR count). The lowest BCUT2D eigenvalue weighted by Crippen LogP contribution is -2.52. The lowest BCUT2D eigenvalue weighted by atomic mass is 9.90. The van der Waals surface area contributed by atoms with Crippen LogP contribution in [-0.4, -0.2) is 67.2 Å². The van der Waals surface area contributed by atoms with E-state index in [1.807, 2.05) is 4.90 Å². The van der Waals surface area contributed by atoms with Crippen LogP contribution < -0.4 is 5.32 Å². The number of amides is 2. The molecule has 1 aromatic carbocycles. The largest absolute Gasteiger partial charge is 0.466 e. The van der Waals surface area contributed by atoms with Crippen molar-refractivity contribution in [2.24, 2.45) is 5.92 Å². The Morgan fingerprint density at radius 1 is 1.11 bits per heavy atom. The smallest absolute Gasteiger partial charge is 0.416 e. The highest BCUT2D eigenvalue weighted by molar-refractivity contribution is 5.95. The number of hydrogen-bond donors (Lipinski definition) is 1. The fourth-order valence-corrected chi connectivity index (χ4v) is 4.76. The average molecular weight is 512 g/mol. The van der Waals surface area contributed by atoms with Crippen molar-refractivity contribution in [2.75, 3.05) is 39.4 Å². The van der Waals surface area contributed by atoms with Crippen LogP contribution in [0.1, 0.15) is 50.8 Å². The molecule has 0 unspecified atom stereocenters. The summed E-state index contributed by atoms with van der Waals surface area (Å²) in [6.45, 7) is 6.54. The van der Waals surface area contributed by atoms with Crippen molar-refractivity contribution in [1.82, 2.24) is 15.1 Å². The van der Waals surface area contributed by atoms with E-state index in [0.717, 1.165) is 6.07 Å². The number of ether oxygens (including phenoxy) is 2. The second-order valence-electron chi connectivity index (χ2n) is 8.62. The van der Waals surface area contributed by atoms with Crippen molar-refractivity contribution in [3.8, 4) is 0 Å². The molecule has 198 valence electrons. The average Bonchev–Trinajstić information content (AvgIpc) is 2.84. The maximum Gasteiger partial charge on any atom is 0.416 e. The topological polar surface area (TPSA) is 88.2 Å². The molecule has 2 amide bonds. The number of piperidine rings is 1. The molecule has 0 aliphatic carbocycles. The van der Waals surface area contributed by atoms with E-state index >= 15 is 0 Å². The van der Waals surface area contributed by atoms with Gasteiger partial charge in [-0.3, -0.25) is 14.6 Å². The molecule has 11 heteroatoms. The summed E-state index contributed by atoms with van der Waals surface area (Å²) >= 11 is 0. The van der Waals surface area contributed by atoms with Crippen LogP contribution in [0.3, 0.4) is 0 Å². The van der Waals surface area contributed by atoms with Gasteiger partial charge < -0.3 is 14.8 Å². The summed E-state index contributed by atoms with van der Waals surface area (Å²) < 4.78 is 52.0. The van der Waals surface area contributed by atoms with E-state index in [0.29, 0.717) is 25.9 Å². The van der Waals surface area contributed by atoms with Gasteiger partial charge in [0.15, 0.2) is 0 Å². The second kappa shape index (κ2) is 11.8. The first-order chi connectivity index (χ1) is 17.1. The summed E-state index contributed by atoms with van der Waals surface area (Å²) in [6, 6.07) is 2.90. The van der Waals surface area contributed by atoms with Crippen molar-refractivity contribution in [1.29, 1.82) is 0 Å². The van der Waals surface area contributed by atoms with Gasteiger partial charge >= 0.3 is 24.1 Å². The third kappa shape index (κ3) is 6.00. The zero-order valence-corrected chi connectivity index (χ0v) is 20.7. The molecule has 0 aromatic heterocycles. The maximum absolute atomic E-state index is 13.9. The highest BCUT2D eigenvalue weighted by atomic mass is 19.4. The number of carbonyl (C=O) groups is 3. The number of esters is 2. The van der Waals surface area contributed by atoms with Crippen LogP contribution in [0.2, 0.25) is 0 Å². The standard InChI is InChI=1S/C25H32F3N3O5/c1-4-31-19(15-30-13-9-10-16(14-30)22(32)35-5-2)20(23(33)36-6-3)21(29-24(31)34)17-11-7-8-12-18(17)25(26,27)28/h7-8,11-12,16,21H,4-6,9-10,13-15H2,1-3H3,(H,29,34)/t16-,21-/m0/s1. The van der Waals surface area contributed by atoms with Crippen molar-refractivity contribution in [3.05, 3.63) is 46.7 Å². The lowest BCUT2D eigenvalue weighted by molar-refractivity contribution is -0.150.